The number of hydrogen-bond acceptors (Lipinski definition) is 3. The van der Waals surface area contributed by atoms with Crippen LogP contribution in [0.2, 0.25) is 0 Å². The smallest absolute Gasteiger partial charge is 0.244 e. The second kappa shape index (κ2) is 5.09. The Bertz CT molecular complexity index is 351. The number of amides is 1. The van der Waals surface area contributed by atoms with Gasteiger partial charge in [-0.05, 0) is 19.4 Å². The van der Waals surface area contributed by atoms with Gasteiger partial charge in [0.1, 0.15) is 5.54 Å². The highest BCUT2D eigenvalue weighted by atomic mass is 16.5. The number of carbonyl (C=O) groups excluding carboxylic acids is 1. The summed E-state index contributed by atoms with van der Waals surface area (Å²) in [5, 5.41) is 0. The van der Waals surface area contributed by atoms with Crippen molar-refractivity contribution in [2.45, 2.75) is 25.5 Å². The maximum atomic E-state index is 11.5. The van der Waals surface area contributed by atoms with Crippen molar-refractivity contribution in [3.05, 3.63) is 35.9 Å². The predicted octanol–water partition coefficient (Wildman–Crippen LogP) is 0.751. The lowest BCUT2D eigenvalue weighted by atomic mass is 9.91. The molecule has 1 aromatic rings. The molecule has 4 heteroatoms. The third kappa shape index (κ3) is 2.81. The third-order valence-corrected chi connectivity index (χ3v) is 2.37. The minimum Gasteiger partial charge on any atom is -0.376 e. The molecule has 1 aromatic carbocycles. The first kappa shape index (κ1) is 12.7. The molecule has 1 unspecified atom stereocenters. The number of nitrogens with two attached hydrogens (primary N) is 2. The Morgan fingerprint density at radius 2 is 1.94 bits per heavy atom. The van der Waals surface area contributed by atoms with Gasteiger partial charge >= 0.3 is 0 Å². The van der Waals surface area contributed by atoms with Crippen LogP contribution in [0.1, 0.15) is 19.4 Å². The van der Waals surface area contributed by atoms with Crippen molar-refractivity contribution in [1.82, 2.24) is 0 Å². The van der Waals surface area contributed by atoms with E-state index in [0.717, 1.165) is 0 Å². The monoisotopic (exact) mass is 222 g/mol. The van der Waals surface area contributed by atoms with Crippen molar-refractivity contribution < 1.29 is 9.53 Å². The summed E-state index contributed by atoms with van der Waals surface area (Å²) in [5.41, 5.74) is 10.8. The summed E-state index contributed by atoms with van der Waals surface area (Å²) in [7, 11) is 0. The molecule has 0 saturated carbocycles. The zero-order chi connectivity index (χ0) is 12.2. The molecule has 4 nitrogen and oxygen atoms in total. The van der Waals surface area contributed by atoms with Crippen LogP contribution in [-0.4, -0.2) is 18.6 Å². The van der Waals surface area contributed by atoms with E-state index < -0.39 is 11.4 Å². The van der Waals surface area contributed by atoms with E-state index in [1.165, 1.54) is 0 Å². The van der Waals surface area contributed by atoms with E-state index in [1.54, 1.807) is 12.1 Å². The van der Waals surface area contributed by atoms with Crippen molar-refractivity contribution in [2.75, 3.05) is 6.61 Å². The fraction of sp³-hybridized carbons (Fsp3) is 0.417. The average Bonchev–Trinajstić information content (AvgIpc) is 2.26. The second-order valence-corrected chi connectivity index (χ2v) is 4.06. The van der Waals surface area contributed by atoms with Crippen LogP contribution in [0, 0.1) is 0 Å². The molecule has 16 heavy (non-hydrogen) atoms. The molecule has 0 aliphatic carbocycles. The molecule has 88 valence electrons. The van der Waals surface area contributed by atoms with E-state index in [9.17, 15) is 4.79 Å². The van der Waals surface area contributed by atoms with Crippen molar-refractivity contribution in [3.63, 3.8) is 0 Å². The van der Waals surface area contributed by atoms with Crippen LogP contribution in [0.3, 0.4) is 0 Å². The van der Waals surface area contributed by atoms with Gasteiger partial charge in [0.15, 0.2) is 0 Å². The van der Waals surface area contributed by atoms with Crippen LogP contribution in [0.15, 0.2) is 30.3 Å². The third-order valence-electron chi connectivity index (χ3n) is 2.37. The molecule has 0 fully saturated rings. The van der Waals surface area contributed by atoms with Gasteiger partial charge in [-0.25, -0.2) is 0 Å². The lowest BCUT2D eigenvalue weighted by Crippen LogP contribution is -2.53. The van der Waals surface area contributed by atoms with Gasteiger partial charge in [-0.1, -0.05) is 30.3 Å². The summed E-state index contributed by atoms with van der Waals surface area (Å²) in [5.74, 6) is -0.584. The Kier molecular flexibility index (Phi) is 4.04. The lowest BCUT2D eigenvalue weighted by molar-refractivity contribution is -0.126. The lowest BCUT2D eigenvalue weighted by Gasteiger charge is -2.27. The predicted molar refractivity (Wildman–Crippen MR) is 62.6 cm³/mol. The molecule has 0 aromatic heterocycles. The molecular weight excluding hydrogens is 204 g/mol. The minimum atomic E-state index is -1.26. The first-order chi connectivity index (χ1) is 7.47. The van der Waals surface area contributed by atoms with Crippen LogP contribution in [0.25, 0.3) is 0 Å². The summed E-state index contributed by atoms with van der Waals surface area (Å²) < 4.78 is 5.40. The molecule has 1 atom stereocenters. The number of ether oxygens (including phenoxy) is 1. The van der Waals surface area contributed by atoms with E-state index in [0.29, 0.717) is 5.56 Å². The molecule has 1 rings (SSSR count). The van der Waals surface area contributed by atoms with Crippen LogP contribution in [0.5, 0.6) is 0 Å². The molecule has 0 radical (unpaired) electrons. The van der Waals surface area contributed by atoms with E-state index in [4.69, 9.17) is 16.2 Å². The van der Waals surface area contributed by atoms with Gasteiger partial charge in [0.05, 0.1) is 12.7 Å². The van der Waals surface area contributed by atoms with Gasteiger partial charge < -0.3 is 16.2 Å². The van der Waals surface area contributed by atoms with Crippen molar-refractivity contribution in [1.29, 1.82) is 0 Å². The van der Waals surface area contributed by atoms with Gasteiger partial charge in [0.2, 0.25) is 5.91 Å². The first-order valence-corrected chi connectivity index (χ1v) is 5.22. The molecule has 0 heterocycles. The highest BCUT2D eigenvalue weighted by Gasteiger charge is 2.34. The molecule has 4 N–H and O–H groups in total. The van der Waals surface area contributed by atoms with Gasteiger partial charge in [0, 0.05) is 0 Å². The maximum absolute atomic E-state index is 11.5. The molecular formula is C12H18N2O2. The largest absolute Gasteiger partial charge is 0.376 e. The number of benzene rings is 1. The highest BCUT2D eigenvalue weighted by molar-refractivity contribution is 5.86. The Hall–Kier alpha value is -1.39. The summed E-state index contributed by atoms with van der Waals surface area (Å²) >= 11 is 0. The number of carbonyl (C=O) groups is 1. The van der Waals surface area contributed by atoms with E-state index >= 15 is 0 Å². The highest BCUT2D eigenvalue weighted by Crippen LogP contribution is 2.18. The van der Waals surface area contributed by atoms with Crippen molar-refractivity contribution in [3.8, 4) is 0 Å². The quantitative estimate of drug-likeness (QED) is 0.771. The topological polar surface area (TPSA) is 78.3 Å². The normalized spacial score (nSPS) is 14.8. The van der Waals surface area contributed by atoms with Gasteiger partial charge in [0.25, 0.3) is 0 Å². The van der Waals surface area contributed by atoms with Crippen molar-refractivity contribution in [2.24, 2.45) is 11.5 Å². The molecule has 0 aliphatic rings. The fourth-order valence-electron chi connectivity index (χ4n) is 1.33. The van der Waals surface area contributed by atoms with Crippen LogP contribution in [0.4, 0.5) is 0 Å². The van der Waals surface area contributed by atoms with Gasteiger partial charge in [-0.2, -0.15) is 0 Å². The minimum absolute atomic E-state index is 0.00554. The first-order valence-electron chi connectivity index (χ1n) is 5.22. The second-order valence-electron chi connectivity index (χ2n) is 4.06. The maximum Gasteiger partial charge on any atom is 0.244 e. The summed E-state index contributed by atoms with van der Waals surface area (Å²) in [6.45, 7) is 3.85. The Morgan fingerprint density at radius 3 is 2.38 bits per heavy atom. The molecule has 0 saturated heterocycles. The Labute approximate surface area is 95.6 Å². The SMILES string of the molecule is CC(C)OCC(N)(C(N)=O)c1ccccc1. The van der Waals surface area contributed by atoms with Crippen LogP contribution < -0.4 is 11.5 Å². The van der Waals surface area contributed by atoms with E-state index in [1.807, 2.05) is 32.0 Å². The van der Waals surface area contributed by atoms with E-state index in [-0.39, 0.29) is 12.7 Å². The van der Waals surface area contributed by atoms with Gasteiger partial charge in [-0.3, -0.25) is 4.79 Å². The van der Waals surface area contributed by atoms with Crippen LogP contribution in [-0.2, 0) is 15.1 Å². The van der Waals surface area contributed by atoms with E-state index in [2.05, 4.69) is 0 Å². The van der Waals surface area contributed by atoms with Crippen LogP contribution >= 0.6 is 0 Å². The summed E-state index contributed by atoms with van der Waals surface area (Å²) in [6.07, 6.45) is 0.00554. The zero-order valence-corrected chi connectivity index (χ0v) is 9.64. The Morgan fingerprint density at radius 1 is 1.38 bits per heavy atom. The number of primary amides is 1. The summed E-state index contributed by atoms with van der Waals surface area (Å²) in [6, 6.07) is 9.03. The van der Waals surface area contributed by atoms with Gasteiger partial charge in [-0.15, -0.1) is 0 Å². The molecule has 0 aliphatic heterocycles. The molecule has 1 amide bonds. The average molecular weight is 222 g/mol. The summed E-state index contributed by atoms with van der Waals surface area (Å²) in [4.78, 5) is 11.5. The standard InChI is InChI=1S/C12H18N2O2/c1-9(2)16-8-12(14,11(13)15)10-6-4-3-5-7-10/h3-7,9H,8,14H2,1-2H3,(H2,13,15). The Balaban J connectivity index is 2.93. The molecule has 0 spiro atoms. The zero-order valence-electron chi connectivity index (χ0n) is 9.64. The van der Waals surface area contributed by atoms with Crippen molar-refractivity contribution >= 4 is 5.91 Å². The fourth-order valence-corrected chi connectivity index (χ4v) is 1.33. The number of hydrogen-bond donors (Lipinski definition) is 2. The number of rotatable bonds is 5. The molecule has 0 bridgehead atoms.